The standard InChI is InChI=1S/C16H19FN2O2/c1-3-6-16(2,15(20)21)19-10-12-9-13(17)8-11-5-4-7-18-14(11)12/h4-5,7-9,19H,3,6,10H2,1-2H3,(H,20,21). The van der Waals surface area contributed by atoms with E-state index in [-0.39, 0.29) is 12.4 Å². The monoisotopic (exact) mass is 290 g/mol. The second-order valence-corrected chi connectivity index (χ2v) is 5.38. The van der Waals surface area contributed by atoms with Crippen LogP contribution in [0.3, 0.4) is 0 Å². The van der Waals surface area contributed by atoms with Crippen LogP contribution in [0.4, 0.5) is 4.39 Å². The fraction of sp³-hybridized carbons (Fsp3) is 0.375. The molecule has 0 radical (unpaired) electrons. The number of carboxylic acids is 1. The average molecular weight is 290 g/mol. The van der Waals surface area contributed by atoms with E-state index < -0.39 is 11.5 Å². The van der Waals surface area contributed by atoms with Gasteiger partial charge in [0, 0.05) is 18.1 Å². The maximum absolute atomic E-state index is 13.7. The normalized spacial score (nSPS) is 14.0. The lowest BCUT2D eigenvalue weighted by Gasteiger charge is -2.26. The zero-order valence-electron chi connectivity index (χ0n) is 12.2. The van der Waals surface area contributed by atoms with Crippen LogP contribution < -0.4 is 5.32 Å². The summed E-state index contributed by atoms with van der Waals surface area (Å²) in [5.74, 6) is -1.25. The van der Waals surface area contributed by atoms with Crippen molar-refractivity contribution in [2.24, 2.45) is 0 Å². The van der Waals surface area contributed by atoms with Gasteiger partial charge in [0.1, 0.15) is 11.4 Å². The van der Waals surface area contributed by atoms with Gasteiger partial charge in [-0.3, -0.25) is 15.1 Å². The van der Waals surface area contributed by atoms with Gasteiger partial charge in [-0.25, -0.2) is 4.39 Å². The van der Waals surface area contributed by atoms with Crippen LogP contribution in [0, 0.1) is 5.82 Å². The molecule has 0 aliphatic carbocycles. The van der Waals surface area contributed by atoms with E-state index in [0.29, 0.717) is 22.9 Å². The van der Waals surface area contributed by atoms with E-state index in [2.05, 4.69) is 10.3 Å². The van der Waals surface area contributed by atoms with Crippen molar-refractivity contribution in [3.63, 3.8) is 0 Å². The Balaban J connectivity index is 2.29. The topological polar surface area (TPSA) is 62.2 Å². The van der Waals surface area contributed by atoms with Gasteiger partial charge in [-0.1, -0.05) is 19.4 Å². The van der Waals surface area contributed by atoms with E-state index in [1.54, 1.807) is 25.3 Å². The minimum atomic E-state index is -1.03. The van der Waals surface area contributed by atoms with Crippen molar-refractivity contribution in [3.05, 3.63) is 41.8 Å². The molecule has 0 saturated carbocycles. The molecule has 5 heteroatoms. The molecule has 0 aliphatic rings. The van der Waals surface area contributed by atoms with Gasteiger partial charge in [0.2, 0.25) is 0 Å². The number of aliphatic carboxylic acids is 1. The van der Waals surface area contributed by atoms with Crippen LogP contribution in [0.15, 0.2) is 30.5 Å². The zero-order valence-corrected chi connectivity index (χ0v) is 12.2. The van der Waals surface area contributed by atoms with Crippen molar-refractivity contribution >= 4 is 16.9 Å². The first-order chi connectivity index (χ1) is 9.96. The smallest absolute Gasteiger partial charge is 0.323 e. The van der Waals surface area contributed by atoms with Crippen molar-refractivity contribution < 1.29 is 14.3 Å². The number of carboxylic acid groups (broad SMARTS) is 1. The summed E-state index contributed by atoms with van der Waals surface area (Å²) >= 11 is 0. The fourth-order valence-electron chi connectivity index (χ4n) is 2.42. The van der Waals surface area contributed by atoms with E-state index in [1.165, 1.54) is 12.1 Å². The minimum absolute atomic E-state index is 0.258. The number of pyridine rings is 1. The maximum atomic E-state index is 13.7. The van der Waals surface area contributed by atoms with Gasteiger partial charge < -0.3 is 5.11 Å². The molecule has 1 atom stereocenters. The van der Waals surface area contributed by atoms with Gasteiger partial charge >= 0.3 is 5.97 Å². The number of hydrogen-bond donors (Lipinski definition) is 2. The predicted molar refractivity (Wildman–Crippen MR) is 79.5 cm³/mol. The molecule has 1 heterocycles. The molecule has 0 amide bonds. The molecule has 21 heavy (non-hydrogen) atoms. The van der Waals surface area contributed by atoms with E-state index in [1.807, 2.05) is 6.92 Å². The number of fused-ring (bicyclic) bond motifs is 1. The third-order valence-corrected chi connectivity index (χ3v) is 3.64. The van der Waals surface area contributed by atoms with E-state index in [9.17, 15) is 14.3 Å². The first-order valence-corrected chi connectivity index (χ1v) is 6.98. The number of hydrogen-bond acceptors (Lipinski definition) is 3. The fourth-order valence-corrected chi connectivity index (χ4v) is 2.42. The number of rotatable bonds is 6. The van der Waals surface area contributed by atoms with Gasteiger partial charge in [0.25, 0.3) is 0 Å². The predicted octanol–water partition coefficient (Wildman–Crippen LogP) is 3.11. The average Bonchev–Trinajstić information content (AvgIpc) is 2.44. The van der Waals surface area contributed by atoms with Crippen LogP contribution in [0.1, 0.15) is 32.3 Å². The summed E-state index contributed by atoms with van der Waals surface area (Å²) in [7, 11) is 0. The SMILES string of the molecule is CCCC(C)(NCc1cc(F)cc2cccnc12)C(=O)O. The Kier molecular flexibility index (Phi) is 4.53. The molecule has 1 aromatic heterocycles. The van der Waals surface area contributed by atoms with Crippen molar-refractivity contribution in [2.75, 3.05) is 0 Å². The second kappa shape index (κ2) is 6.18. The quantitative estimate of drug-likeness (QED) is 0.858. The van der Waals surface area contributed by atoms with E-state index in [4.69, 9.17) is 0 Å². The van der Waals surface area contributed by atoms with Crippen molar-refractivity contribution in [1.82, 2.24) is 10.3 Å². The first kappa shape index (κ1) is 15.4. The molecule has 2 N–H and O–H groups in total. The van der Waals surface area contributed by atoms with Crippen LogP contribution >= 0.6 is 0 Å². The van der Waals surface area contributed by atoms with Crippen molar-refractivity contribution in [3.8, 4) is 0 Å². The highest BCUT2D eigenvalue weighted by molar-refractivity contribution is 5.82. The number of carbonyl (C=O) groups is 1. The molecule has 0 spiro atoms. The third-order valence-electron chi connectivity index (χ3n) is 3.64. The molecular formula is C16H19FN2O2. The highest BCUT2D eigenvalue weighted by atomic mass is 19.1. The summed E-state index contributed by atoms with van der Waals surface area (Å²) in [5, 5.41) is 13.1. The Labute approximate surface area is 123 Å². The van der Waals surface area contributed by atoms with Gasteiger partial charge in [-0.15, -0.1) is 0 Å². The van der Waals surface area contributed by atoms with Gasteiger partial charge in [0.05, 0.1) is 5.52 Å². The molecule has 2 aromatic rings. The number of aromatic nitrogens is 1. The Bertz CT molecular complexity index is 660. The molecule has 4 nitrogen and oxygen atoms in total. The summed E-state index contributed by atoms with van der Waals surface area (Å²) in [6, 6.07) is 6.36. The maximum Gasteiger partial charge on any atom is 0.323 e. The molecule has 1 aromatic carbocycles. The molecule has 0 bridgehead atoms. The molecule has 2 rings (SSSR count). The van der Waals surface area contributed by atoms with Crippen LogP contribution in [-0.4, -0.2) is 21.6 Å². The highest BCUT2D eigenvalue weighted by Crippen LogP contribution is 2.20. The van der Waals surface area contributed by atoms with Crippen LogP contribution in [0.5, 0.6) is 0 Å². The Morgan fingerprint density at radius 1 is 1.48 bits per heavy atom. The van der Waals surface area contributed by atoms with Gasteiger partial charge in [-0.2, -0.15) is 0 Å². The van der Waals surface area contributed by atoms with Crippen LogP contribution in [0.25, 0.3) is 10.9 Å². The number of nitrogens with zero attached hydrogens (tertiary/aromatic N) is 1. The lowest BCUT2D eigenvalue weighted by molar-refractivity contribution is -0.144. The Morgan fingerprint density at radius 3 is 2.90 bits per heavy atom. The number of halogens is 1. The zero-order chi connectivity index (χ0) is 15.5. The largest absolute Gasteiger partial charge is 0.480 e. The Morgan fingerprint density at radius 2 is 2.24 bits per heavy atom. The molecule has 0 fully saturated rings. The molecule has 1 unspecified atom stereocenters. The molecular weight excluding hydrogens is 271 g/mol. The molecule has 0 saturated heterocycles. The summed E-state index contributed by atoms with van der Waals surface area (Å²) in [6.07, 6.45) is 2.90. The second-order valence-electron chi connectivity index (χ2n) is 5.38. The van der Waals surface area contributed by atoms with E-state index in [0.717, 1.165) is 6.42 Å². The third kappa shape index (κ3) is 3.36. The first-order valence-electron chi connectivity index (χ1n) is 6.98. The Hall–Kier alpha value is -2.01. The van der Waals surface area contributed by atoms with Crippen LogP contribution in [-0.2, 0) is 11.3 Å². The molecule has 0 aliphatic heterocycles. The van der Waals surface area contributed by atoms with Crippen molar-refractivity contribution in [1.29, 1.82) is 0 Å². The summed E-state index contributed by atoms with van der Waals surface area (Å²) in [6.45, 7) is 3.84. The number of benzene rings is 1. The van der Waals surface area contributed by atoms with Crippen molar-refractivity contribution in [2.45, 2.75) is 38.8 Å². The molecule has 112 valence electrons. The summed E-state index contributed by atoms with van der Waals surface area (Å²) < 4.78 is 13.7. The minimum Gasteiger partial charge on any atom is -0.480 e. The van der Waals surface area contributed by atoms with Crippen LogP contribution in [0.2, 0.25) is 0 Å². The highest BCUT2D eigenvalue weighted by Gasteiger charge is 2.31. The van der Waals surface area contributed by atoms with E-state index >= 15 is 0 Å². The summed E-state index contributed by atoms with van der Waals surface area (Å²) in [5.41, 5.74) is 0.326. The lowest BCUT2D eigenvalue weighted by atomic mass is 9.95. The lowest BCUT2D eigenvalue weighted by Crippen LogP contribution is -2.48. The number of nitrogens with one attached hydrogen (secondary N) is 1. The summed E-state index contributed by atoms with van der Waals surface area (Å²) in [4.78, 5) is 15.7. The van der Waals surface area contributed by atoms with Gasteiger partial charge in [0.15, 0.2) is 0 Å². The van der Waals surface area contributed by atoms with Gasteiger partial charge in [-0.05, 0) is 37.1 Å².